The van der Waals surface area contributed by atoms with Crippen LogP contribution in [0.2, 0.25) is 0 Å². The van der Waals surface area contributed by atoms with Crippen LogP contribution in [-0.2, 0) is 9.53 Å². The molecule has 0 aliphatic carbocycles. The highest BCUT2D eigenvalue weighted by molar-refractivity contribution is 5.73. The molecule has 0 rings (SSSR count). The smallest absolute Gasteiger partial charge is 0.404 e. The number of amides is 1. The Balaban J connectivity index is 3.39. The topological polar surface area (TPSA) is 116 Å². The molecule has 0 unspecified atom stereocenters. The van der Waals surface area contributed by atoms with Crippen molar-refractivity contribution in [3.8, 4) is 0 Å². The van der Waals surface area contributed by atoms with Crippen LogP contribution in [0.3, 0.4) is 0 Å². The number of hydrogen-bond donors (Lipinski definition) is 3. The quantitative estimate of drug-likeness (QED) is 0.484. The Labute approximate surface area is 63.1 Å². The van der Waals surface area contributed by atoms with Crippen molar-refractivity contribution < 1.29 is 19.4 Å². The molecule has 0 heterocycles. The van der Waals surface area contributed by atoms with Gasteiger partial charge in [-0.25, -0.2) is 4.79 Å². The molecular formula is C5H10N2O4. The molecule has 0 saturated carbocycles. The third-order valence-corrected chi connectivity index (χ3v) is 0.990. The Morgan fingerprint density at radius 3 is 2.45 bits per heavy atom. The molecule has 5 N–H and O–H groups in total. The monoisotopic (exact) mass is 162 g/mol. The number of carbonyl (C=O) groups excluding carboxylic acids is 1. The first-order chi connectivity index (χ1) is 5.04. The molecule has 0 aromatic rings. The van der Waals surface area contributed by atoms with E-state index in [0.29, 0.717) is 0 Å². The van der Waals surface area contributed by atoms with Crippen molar-refractivity contribution in [1.29, 1.82) is 0 Å². The lowest BCUT2D eigenvalue weighted by Gasteiger charge is -2.04. The van der Waals surface area contributed by atoms with Crippen molar-refractivity contribution in [3.63, 3.8) is 0 Å². The molecule has 0 fully saturated rings. The van der Waals surface area contributed by atoms with Crippen LogP contribution in [0.15, 0.2) is 0 Å². The van der Waals surface area contributed by atoms with Crippen LogP contribution < -0.4 is 11.5 Å². The molecule has 11 heavy (non-hydrogen) atoms. The predicted octanol–water partition coefficient (Wildman–Crippen LogP) is -1.12. The molecule has 0 aliphatic rings. The summed E-state index contributed by atoms with van der Waals surface area (Å²) < 4.78 is 4.26. The van der Waals surface area contributed by atoms with Gasteiger partial charge in [0, 0.05) is 6.42 Å². The van der Waals surface area contributed by atoms with Gasteiger partial charge < -0.3 is 21.3 Å². The summed E-state index contributed by atoms with van der Waals surface area (Å²) in [6.45, 7) is -0.0667. The third-order valence-electron chi connectivity index (χ3n) is 0.990. The number of rotatable bonds is 4. The van der Waals surface area contributed by atoms with Crippen molar-refractivity contribution in [2.45, 2.75) is 12.5 Å². The summed E-state index contributed by atoms with van der Waals surface area (Å²) in [6.07, 6.45) is -0.860. The van der Waals surface area contributed by atoms with Gasteiger partial charge in [0.15, 0.2) is 0 Å². The highest BCUT2D eigenvalue weighted by atomic mass is 16.5. The maximum absolute atomic E-state index is 10.1. The van der Waals surface area contributed by atoms with Gasteiger partial charge in [-0.15, -0.1) is 0 Å². The molecule has 64 valence electrons. The number of carboxylic acid groups (broad SMARTS) is 1. The fourth-order valence-corrected chi connectivity index (χ4v) is 0.410. The number of ether oxygens (including phenoxy) is 1. The SMILES string of the molecule is NC(=O)OCC[C@H](N)C(=O)O. The van der Waals surface area contributed by atoms with Crippen LogP contribution in [0, 0.1) is 0 Å². The van der Waals surface area contributed by atoms with Gasteiger partial charge in [0.2, 0.25) is 0 Å². The average Bonchev–Trinajstić information content (AvgIpc) is 1.86. The first kappa shape index (κ1) is 9.70. The molecule has 6 nitrogen and oxygen atoms in total. The van der Waals surface area contributed by atoms with Crippen LogP contribution in [-0.4, -0.2) is 29.8 Å². The van der Waals surface area contributed by atoms with Crippen molar-refractivity contribution in [2.24, 2.45) is 11.5 Å². The first-order valence-corrected chi connectivity index (χ1v) is 2.94. The van der Waals surface area contributed by atoms with Crippen LogP contribution in [0.25, 0.3) is 0 Å². The number of hydrogen-bond acceptors (Lipinski definition) is 4. The largest absolute Gasteiger partial charge is 0.480 e. The summed E-state index contributed by atoms with van der Waals surface area (Å²) in [4.78, 5) is 20.0. The summed E-state index contributed by atoms with van der Waals surface area (Å²) in [5.74, 6) is -1.13. The lowest BCUT2D eigenvalue weighted by atomic mass is 10.2. The Hall–Kier alpha value is -1.30. The van der Waals surface area contributed by atoms with Crippen molar-refractivity contribution >= 4 is 12.1 Å². The normalized spacial score (nSPS) is 12.1. The van der Waals surface area contributed by atoms with Crippen LogP contribution in [0.1, 0.15) is 6.42 Å². The van der Waals surface area contributed by atoms with Gasteiger partial charge in [0.05, 0.1) is 6.61 Å². The summed E-state index contributed by atoms with van der Waals surface area (Å²) in [7, 11) is 0. The van der Waals surface area contributed by atoms with Gasteiger partial charge >= 0.3 is 12.1 Å². The number of aliphatic carboxylic acids is 1. The van der Waals surface area contributed by atoms with Gasteiger partial charge in [-0.3, -0.25) is 4.79 Å². The minimum Gasteiger partial charge on any atom is -0.480 e. The van der Waals surface area contributed by atoms with E-state index in [9.17, 15) is 9.59 Å². The third kappa shape index (κ3) is 5.16. The Kier molecular flexibility index (Phi) is 3.97. The minimum absolute atomic E-state index is 0.0667. The maximum atomic E-state index is 10.1. The van der Waals surface area contributed by atoms with Gasteiger partial charge in [-0.2, -0.15) is 0 Å². The molecule has 0 bridgehead atoms. The predicted molar refractivity (Wildman–Crippen MR) is 35.8 cm³/mol. The average molecular weight is 162 g/mol. The van der Waals surface area contributed by atoms with E-state index >= 15 is 0 Å². The fourth-order valence-electron chi connectivity index (χ4n) is 0.410. The number of primary amides is 1. The van der Waals surface area contributed by atoms with Gasteiger partial charge in [-0.05, 0) is 0 Å². The first-order valence-electron chi connectivity index (χ1n) is 2.94. The van der Waals surface area contributed by atoms with Gasteiger partial charge in [-0.1, -0.05) is 0 Å². The van der Waals surface area contributed by atoms with Crippen LogP contribution >= 0.6 is 0 Å². The molecule has 0 aromatic carbocycles. The van der Waals surface area contributed by atoms with Crippen molar-refractivity contribution in [3.05, 3.63) is 0 Å². The van der Waals surface area contributed by atoms with Crippen molar-refractivity contribution in [2.75, 3.05) is 6.61 Å². The molecule has 0 saturated heterocycles. The van der Waals surface area contributed by atoms with E-state index < -0.39 is 18.1 Å². The lowest BCUT2D eigenvalue weighted by molar-refractivity contribution is -0.138. The van der Waals surface area contributed by atoms with Crippen LogP contribution in [0.5, 0.6) is 0 Å². The number of carbonyl (C=O) groups is 2. The van der Waals surface area contributed by atoms with E-state index in [1.54, 1.807) is 0 Å². The summed E-state index contributed by atoms with van der Waals surface area (Å²) in [5, 5.41) is 8.25. The molecule has 0 aliphatic heterocycles. The molecule has 1 atom stereocenters. The number of nitrogens with two attached hydrogens (primary N) is 2. The van der Waals surface area contributed by atoms with E-state index in [2.05, 4.69) is 10.5 Å². The molecule has 6 heteroatoms. The Morgan fingerprint density at radius 2 is 2.09 bits per heavy atom. The highest BCUT2D eigenvalue weighted by Gasteiger charge is 2.10. The summed E-state index contributed by atoms with van der Waals surface area (Å²) >= 11 is 0. The molecule has 0 radical (unpaired) electrons. The zero-order valence-electron chi connectivity index (χ0n) is 5.82. The van der Waals surface area contributed by atoms with E-state index in [0.717, 1.165) is 0 Å². The summed E-state index contributed by atoms with van der Waals surface area (Å²) in [5.41, 5.74) is 9.68. The Morgan fingerprint density at radius 1 is 1.55 bits per heavy atom. The maximum Gasteiger partial charge on any atom is 0.404 e. The molecule has 0 aromatic heterocycles. The van der Waals surface area contributed by atoms with Gasteiger partial charge in [0.1, 0.15) is 6.04 Å². The minimum atomic E-state index is -1.13. The zero-order chi connectivity index (χ0) is 8.85. The highest BCUT2D eigenvalue weighted by Crippen LogP contribution is 1.88. The lowest BCUT2D eigenvalue weighted by Crippen LogP contribution is -2.32. The Bertz CT molecular complexity index is 159. The van der Waals surface area contributed by atoms with E-state index in [1.165, 1.54) is 0 Å². The van der Waals surface area contributed by atoms with Crippen molar-refractivity contribution in [1.82, 2.24) is 0 Å². The van der Waals surface area contributed by atoms with E-state index in [-0.39, 0.29) is 13.0 Å². The van der Waals surface area contributed by atoms with Gasteiger partial charge in [0.25, 0.3) is 0 Å². The van der Waals surface area contributed by atoms with E-state index in [4.69, 9.17) is 10.8 Å². The van der Waals surface area contributed by atoms with E-state index in [1.807, 2.05) is 0 Å². The molecule has 1 amide bonds. The fraction of sp³-hybridized carbons (Fsp3) is 0.600. The molecular weight excluding hydrogens is 152 g/mol. The standard InChI is InChI=1S/C5H10N2O4/c6-3(4(8)9)1-2-11-5(7)10/h3H,1-2,6H2,(H2,7,10)(H,8,9)/t3-/m0/s1. The second-order valence-electron chi connectivity index (χ2n) is 1.90. The molecule has 0 spiro atoms. The summed E-state index contributed by atoms with van der Waals surface area (Å²) in [6, 6.07) is -1.01. The number of carboxylic acids is 1. The second-order valence-corrected chi connectivity index (χ2v) is 1.90. The zero-order valence-corrected chi connectivity index (χ0v) is 5.82. The van der Waals surface area contributed by atoms with Crippen LogP contribution in [0.4, 0.5) is 4.79 Å². The second kappa shape index (κ2) is 4.51.